The van der Waals surface area contributed by atoms with E-state index in [4.69, 9.17) is 14.6 Å². The second-order valence-corrected chi connectivity index (χ2v) is 6.25. The van der Waals surface area contributed by atoms with E-state index in [1.807, 2.05) is 39.0 Å². The number of carboxylic acids is 1. The second-order valence-electron chi connectivity index (χ2n) is 6.25. The largest absolute Gasteiger partial charge is 0.489 e. The van der Waals surface area contributed by atoms with Crippen LogP contribution in [0.2, 0.25) is 0 Å². The van der Waals surface area contributed by atoms with Gasteiger partial charge in [-0.05, 0) is 63.6 Å². The lowest BCUT2D eigenvalue weighted by atomic mass is 10.1. The van der Waals surface area contributed by atoms with Crippen LogP contribution < -0.4 is 14.8 Å². The van der Waals surface area contributed by atoms with Gasteiger partial charge in [0.25, 0.3) is 5.91 Å². The van der Waals surface area contributed by atoms with Crippen molar-refractivity contribution in [2.24, 2.45) is 0 Å². The van der Waals surface area contributed by atoms with Gasteiger partial charge < -0.3 is 19.9 Å². The van der Waals surface area contributed by atoms with E-state index < -0.39 is 18.0 Å². The van der Waals surface area contributed by atoms with Crippen LogP contribution in [0.1, 0.15) is 36.7 Å². The van der Waals surface area contributed by atoms with Crippen LogP contribution in [-0.2, 0) is 4.79 Å². The average molecular weight is 357 g/mol. The van der Waals surface area contributed by atoms with Gasteiger partial charge in [-0.1, -0.05) is 12.1 Å². The fraction of sp³-hybridized carbons (Fsp3) is 0.300. The summed E-state index contributed by atoms with van der Waals surface area (Å²) in [6, 6.07) is 11.7. The SMILES string of the molecule is Cc1cccc(OC(C)C(=O)Nc2cc(C(=O)O)ccc2OC(C)C)c1. The Hall–Kier alpha value is -3.02. The number of nitrogens with one attached hydrogen (secondary N) is 1. The minimum atomic E-state index is -1.08. The van der Waals surface area contributed by atoms with Crippen LogP contribution in [0.25, 0.3) is 0 Å². The average Bonchev–Trinajstić information content (AvgIpc) is 2.55. The highest BCUT2D eigenvalue weighted by Gasteiger charge is 2.18. The maximum absolute atomic E-state index is 12.5. The maximum Gasteiger partial charge on any atom is 0.335 e. The van der Waals surface area contributed by atoms with Crippen LogP contribution in [0.15, 0.2) is 42.5 Å². The molecule has 1 unspecified atom stereocenters. The molecule has 0 spiro atoms. The first-order valence-corrected chi connectivity index (χ1v) is 8.34. The number of carboxylic acid groups (broad SMARTS) is 1. The first kappa shape index (κ1) is 19.3. The van der Waals surface area contributed by atoms with Gasteiger partial charge in [-0.2, -0.15) is 0 Å². The van der Waals surface area contributed by atoms with Crippen LogP contribution in [0.3, 0.4) is 0 Å². The second kappa shape index (κ2) is 8.38. The van der Waals surface area contributed by atoms with Crippen molar-refractivity contribution >= 4 is 17.6 Å². The zero-order valence-electron chi connectivity index (χ0n) is 15.3. The normalized spacial score (nSPS) is 11.7. The van der Waals surface area contributed by atoms with E-state index in [1.54, 1.807) is 13.0 Å². The van der Waals surface area contributed by atoms with Crippen molar-refractivity contribution in [1.82, 2.24) is 0 Å². The number of anilines is 1. The van der Waals surface area contributed by atoms with Crippen LogP contribution >= 0.6 is 0 Å². The highest BCUT2D eigenvalue weighted by molar-refractivity contribution is 5.97. The predicted octanol–water partition coefficient (Wildman–Crippen LogP) is 3.89. The van der Waals surface area contributed by atoms with Crippen molar-refractivity contribution in [3.8, 4) is 11.5 Å². The molecule has 26 heavy (non-hydrogen) atoms. The quantitative estimate of drug-likeness (QED) is 0.785. The van der Waals surface area contributed by atoms with Gasteiger partial charge in [0, 0.05) is 0 Å². The van der Waals surface area contributed by atoms with E-state index >= 15 is 0 Å². The minimum Gasteiger partial charge on any atom is -0.489 e. The number of hydrogen-bond acceptors (Lipinski definition) is 4. The van der Waals surface area contributed by atoms with Gasteiger partial charge in [-0.3, -0.25) is 4.79 Å². The molecule has 0 saturated heterocycles. The highest BCUT2D eigenvalue weighted by atomic mass is 16.5. The zero-order chi connectivity index (χ0) is 19.3. The Kier molecular flexibility index (Phi) is 6.22. The first-order valence-electron chi connectivity index (χ1n) is 8.34. The Morgan fingerprint density at radius 2 is 1.77 bits per heavy atom. The van der Waals surface area contributed by atoms with Gasteiger partial charge in [-0.15, -0.1) is 0 Å². The Labute approximate surface area is 152 Å². The van der Waals surface area contributed by atoms with Crippen LogP contribution in [0.5, 0.6) is 11.5 Å². The summed E-state index contributed by atoms with van der Waals surface area (Å²) in [5.74, 6) is -0.491. The lowest BCUT2D eigenvalue weighted by molar-refractivity contribution is -0.122. The van der Waals surface area contributed by atoms with E-state index in [-0.39, 0.29) is 11.7 Å². The molecule has 2 rings (SSSR count). The number of benzene rings is 2. The molecule has 2 aromatic rings. The Balaban J connectivity index is 2.17. The maximum atomic E-state index is 12.5. The summed E-state index contributed by atoms with van der Waals surface area (Å²) in [6.45, 7) is 7.26. The molecule has 0 radical (unpaired) electrons. The van der Waals surface area contributed by atoms with E-state index in [9.17, 15) is 9.59 Å². The van der Waals surface area contributed by atoms with Crippen molar-refractivity contribution in [3.05, 3.63) is 53.6 Å². The van der Waals surface area contributed by atoms with Gasteiger partial charge in [0.2, 0.25) is 0 Å². The van der Waals surface area contributed by atoms with E-state index in [0.29, 0.717) is 17.2 Å². The van der Waals surface area contributed by atoms with Crippen LogP contribution in [0, 0.1) is 6.92 Å². The molecule has 6 nitrogen and oxygen atoms in total. The number of hydrogen-bond donors (Lipinski definition) is 2. The van der Waals surface area contributed by atoms with Crippen molar-refractivity contribution in [1.29, 1.82) is 0 Å². The summed E-state index contributed by atoms with van der Waals surface area (Å²) < 4.78 is 11.3. The van der Waals surface area contributed by atoms with Gasteiger partial charge in [0.15, 0.2) is 6.10 Å². The van der Waals surface area contributed by atoms with Gasteiger partial charge in [0.05, 0.1) is 17.4 Å². The summed E-state index contributed by atoms with van der Waals surface area (Å²) in [5.41, 5.74) is 1.38. The smallest absolute Gasteiger partial charge is 0.335 e. The zero-order valence-corrected chi connectivity index (χ0v) is 15.3. The molecule has 0 aromatic heterocycles. The summed E-state index contributed by atoms with van der Waals surface area (Å²) >= 11 is 0. The summed E-state index contributed by atoms with van der Waals surface area (Å²) in [4.78, 5) is 23.7. The monoisotopic (exact) mass is 357 g/mol. The minimum absolute atomic E-state index is 0.0589. The van der Waals surface area contributed by atoms with Crippen molar-refractivity contribution in [3.63, 3.8) is 0 Å². The van der Waals surface area contributed by atoms with Crippen LogP contribution in [0.4, 0.5) is 5.69 Å². The summed E-state index contributed by atoms with van der Waals surface area (Å²) in [5, 5.41) is 11.9. The summed E-state index contributed by atoms with van der Waals surface area (Å²) in [7, 11) is 0. The Morgan fingerprint density at radius 3 is 2.38 bits per heavy atom. The molecule has 1 atom stereocenters. The molecule has 0 aliphatic rings. The fourth-order valence-electron chi connectivity index (χ4n) is 2.30. The molecule has 0 aliphatic heterocycles. The predicted molar refractivity (Wildman–Crippen MR) is 99.1 cm³/mol. The molecule has 0 saturated carbocycles. The number of amides is 1. The topological polar surface area (TPSA) is 84.9 Å². The third-order valence-corrected chi connectivity index (χ3v) is 3.52. The number of aryl methyl sites for hydroxylation is 1. The van der Waals surface area contributed by atoms with Crippen molar-refractivity contribution in [2.75, 3.05) is 5.32 Å². The Bertz CT molecular complexity index is 801. The number of aromatic carboxylic acids is 1. The van der Waals surface area contributed by atoms with Gasteiger partial charge >= 0.3 is 5.97 Å². The molecule has 138 valence electrons. The molecule has 6 heteroatoms. The third kappa shape index (κ3) is 5.24. The molecule has 2 N–H and O–H groups in total. The molecule has 0 heterocycles. The standard InChI is InChI=1S/C20H23NO5/c1-12(2)25-18-9-8-15(20(23)24)11-17(18)21-19(22)14(4)26-16-7-5-6-13(3)10-16/h5-12,14H,1-4H3,(H,21,22)(H,23,24). The molecule has 0 aliphatic carbocycles. The van der Waals surface area contributed by atoms with E-state index in [2.05, 4.69) is 5.32 Å². The molecule has 0 fully saturated rings. The molecule has 0 bridgehead atoms. The first-order chi connectivity index (χ1) is 12.3. The molecule has 2 aromatic carbocycles. The third-order valence-electron chi connectivity index (χ3n) is 3.52. The molecular weight excluding hydrogens is 334 g/mol. The van der Waals surface area contributed by atoms with Crippen molar-refractivity contribution < 1.29 is 24.2 Å². The number of ether oxygens (including phenoxy) is 2. The van der Waals surface area contributed by atoms with Gasteiger partial charge in [-0.25, -0.2) is 4.79 Å². The van der Waals surface area contributed by atoms with Crippen LogP contribution in [-0.4, -0.2) is 29.2 Å². The van der Waals surface area contributed by atoms with Gasteiger partial charge in [0.1, 0.15) is 11.5 Å². The highest BCUT2D eigenvalue weighted by Crippen LogP contribution is 2.27. The van der Waals surface area contributed by atoms with E-state index in [1.165, 1.54) is 18.2 Å². The van der Waals surface area contributed by atoms with E-state index in [0.717, 1.165) is 5.56 Å². The fourth-order valence-corrected chi connectivity index (χ4v) is 2.30. The molecule has 1 amide bonds. The van der Waals surface area contributed by atoms with Crippen molar-refractivity contribution in [2.45, 2.75) is 39.9 Å². The lowest BCUT2D eigenvalue weighted by Gasteiger charge is -2.18. The number of carbonyl (C=O) groups is 2. The molecular formula is C20H23NO5. The number of rotatable bonds is 7. The Morgan fingerprint density at radius 1 is 1.04 bits per heavy atom. The summed E-state index contributed by atoms with van der Waals surface area (Å²) in [6.07, 6.45) is -0.889. The number of carbonyl (C=O) groups excluding carboxylic acids is 1. The lowest BCUT2D eigenvalue weighted by Crippen LogP contribution is -2.30.